The van der Waals surface area contributed by atoms with Crippen LogP contribution in [0, 0.1) is 20.8 Å². The van der Waals surface area contributed by atoms with Crippen LogP contribution in [-0.2, 0) is 6.54 Å². The number of aromatic nitrogens is 4. The van der Waals surface area contributed by atoms with Gasteiger partial charge in [0, 0.05) is 22.0 Å². The van der Waals surface area contributed by atoms with Crippen LogP contribution >= 0.6 is 11.3 Å². The zero-order valence-electron chi connectivity index (χ0n) is 12.3. The monoisotopic (exact) mass is 299 g/mol. The van der Waals surface area contributed by atoms with Gasteiger partial charge in [-0.25, -0.2) is 0 Å². The Morgan fingerprint density at radius 1 is 1.19 bits per heavy atom. The Morgan fingerprint density at radius 2 is 2.05 bits per heavy atom. The van der Waals surface area contributed by atoms with Crippen molar-refractivity contribution in [2.24, 2.45) is 0 Å². The molecule has 0 bridgehead atoms. The van der Waals surface area contributed by atoms with Crippen molar-refractivity contribution in [3.63, 3.8) is 0 Å². The molecule has 0 fully saturated rings. The van der Waals surface area contributed by atoms with E-state index in [2.05, 4.69) is 52.9 Å². The highest BCUT2D eigenvalue weighted by molar-refractivity contribution is 7.12. The van der Waals surface area contributed by atoms with Gasteiger partial charge in [-0.3, -0.25) is 0 Å². The third kappa shape index (κ3) is 2.95. The van der Waals surface area contributed by atoms with Gasteiger partial charge < -0.3 is 5.32 Å². The second-order valence-corrected chi connectivity index (χ2v) is 6.44. The van der Waals surface area contributed by atoms with E-state index in [0.29, 0.717) is 0 Å². The van der Waals surface area contributed by atoms with Crippen LogP contribution in [0.25, 0.3) is 5.69 Å². The van der Waals surface area contributed by atoms with E-state index < -0.39 is 0 Å². The average molecular weight is 299 g/mol. The predicted octanol–water partition coefficient (Wildman–Crippen LogP) is 3.26. The lowest BCUT2D eigenvalue weighted by Crippen LogP contribution is -2.03. The number of hydrogen-bond donors (Lipinski definition) is 1. The smallest absolute Gasteiger partial charge is 0.153 e. The normalized spacial score (nSPS) is 10.8. The second-order valence-electron chi connectivity index (χ2n) is 4.98. The summed E-state index contributed by atoms with van der Waals surface area (Å²) in [6.45, 7) is 7.02. The Balaban J connectivity index is 1.78. The average Bonchev–Trinajstić information content (AvgIpc) is 3.02. The molecular weight excluding hydrogens is 282 g/mol. The summed E-state index contributed by atoms with van der Waals surface area (Å²) in [7, 11) is 0. The number of nitrogens with one attached hydrogen (secondary N) is 1. The predicted molar refractivity (Wildman–Crippen MR) is 85.0 cm³/mol. The van der Waals surface area contributed by atoms with Crippen LogP contribution in [0.15, 0.2) is 30.3 Å². The molecule has 3 rings (SSSR count). The fourth-order valence-corrected chi connectivity index (χ4v) is 3.22. The van der Waals surface area contributed by atoms with E-state index in [0.717, 1.165) is 23.7 Å². The Morgan fingerprint density at radius 3 is 2.71 bits per heavy atom. The van der Waals surface area contributed by atoms with Crippen LogP contribution in [0.4, 0.5) is 5.69 Å². The highest BCUT2D eigenvalue weighted by atomic mass is 32.1. The lowest BCUT2D eigenvalue weighted by Gasteiger charge is -2.08. The minimum atomic E-state index is 0.774. The van der Waals surface area contributed by atoms with Gasteiger partial charge >= 0.3 is 0 Å². The molecule has 0 saturated heterocycles. The van der Waals surface area contributed by atoms with Gasteiger partial charge in [0.05, 0.1) is 5.69 Å². The van der Waals surface area contributed by atoms with Crippen molar-refractivity contribution < 1.29 is 0 Å². The number of benzene rings is 1. The van der Waals surface area contributed by atoms with Crippen LogP contribution in [0.2, 0.25) is 0 Å². The van der Waals surface area contributed by atoms with Crippen molar-refractivity contribution in [3.05, 3.63) is 51.5 Å². The maximum absolute atomic E-state index is 3.99. The molecule has 21 heavy (non-hydrogen) atoms. The van der Waals surface area contributed by atoms with Crippen LogP contribution in [0.1, 0.15) is 21.1 Å². The summed E-state index contributed by atoms with van der Waals surface area (Å²) in [5.41, 5.74) is 3.37. The lowest BCUT2D eigenvalue weighted by atomic mass is 10.2. The fraction of sp³-hybridized carbons (Fsp3) is 0.267. The van der Waals surface area contributed by atoms with E-state index in [1.54, 1.807) is 4.68 Å². The van der Waals surface area contributed by atoms with Crippen molar-refractivity contribution >= 4 is 17.0 Å². The molecule has 108 valence electrons. The highest BCUT2D eigenvalue weighted by Gasteiger charge is 2.05. The minimum Gasteiger partial charge on any atom is -0.381 e. The van der Waals surface area contributed by atoms with Gasteiger partial charge in [-0.2, -0.15) is 4.68 Å². The molecule has 5 nitrogen and oxygen atoms in total. The van der Waals surface area contributed by atoms with Gasteiger partial charge in [0.1, 0.15) is 0 Å². The molecule has 6 heteroatoms. The fourth-order valence-electron chi connectivity index (χ4n) is 2.27. The summed E-state index contributed by atoms with van der Waals surface area (Å²) in [6.07, 6.45) is 0. The summed E-state index contributed by atoms with van der Waals surface area (Å²) >= 11 is 1.84. The van der Waals surface area contributed by atoms with Gasteiger partial charge in [-0.1, -0.05) is 6.07 Å². The zero-order valence-corrected chi connectivity index (χ0v) is 13.1. The quantitative estimate of drug-likeness (QED) is 0.803. The Hall–Kier alpha value is -2.21. The molecule has 0 spiro atoms. The van der Waals surface area contributed by atoms with Crippen LogP contribution in [0.5, 0.6) is 0 Å². The van der Waals surface area contributed by atoms with Crippen LogP contribution in [-0.4, -0.2) is 20.2 Å². The number of aryl methyl sites for hydroxylation is 3. The number of rotatable bonds is 4. The largest absolute Gasteiger partial charge is 0.381 e. The summed E-state index contributed by atoms with van der Waals surface area (Å²) in [6, 6.07) is 10.3. The van der Waals surface area contributed by atoms with Gasteiger partial charge in [0.15, 0.2) is 5.82 Å². The molecule has 2 heterocycles. The molecule has 1 aromatic carbocycles. The zero-order chi connectivity index (χ0) is 14.8. The summed E-state index contributed by atoms with van der Waals surface area (Å²) < 4.78 is 1.73. The number of thiophene rings is 1. The molecule has 1 N–H and O–H groups in total. The topological polar surface area (TPSA) is 55.6 Å². The van der Waals surface area contributed by atoms with Crippen LogP contribution < -0.4 is 5.32 Å². The van der Waals surface area contributed by atoms with E-state index in [-0.39, 0.29) is 0 Å². The molecule has 0 amide bonds. The number of anilines is 1. The number of nitrogens with zero attached hydrogens (tertiary/aromatic N) is 4. The Labute approximate surface area is 127 Å². The first-order chi connectivity index (χ1) is 10.1. The number of tetrazole rings is 1. The van der Waals surface area contributed by atoms with Crippen molar-refractivity contribution in [3.8, 4) is 5.69 Å². The van der Waals surface area contributed by atoms with E-state index in [1.807, 2.05) is 30.4 Å². The van der Waals surface area contributed by atoms with E-state index in [4.69, 9.17) is 0 Å². The summed E-state index contributed by atoms with van der Waals surface area (Å²) in [5.74, 6) is 0.774. The summed E-state index contributed by atoms with van der Waals surface area (Å²) in [4.78, 5) is 2.72. The third-order valence-corrected chi connectivity index (χ3v) is 4.35. The maximum Gasteiger partial charge on any atom is 0.153 e. The van der Waals surface area contributed by atoms with E-state index >= 15 is 0 Å². The van der Waals surface area contributed by atoms with Crippen LogP contribution in [0.3, 0.4) is 0 Å². The van der Waals surface area contributed by atoms with Crippen molar-refractivity contribution in [2.45, 2.75) is 27.3 Å². The standard InChI is InChI=1S/C15H17N5S/c1-10-7-13(11(2)21-10)9-16-14-5-4-6-15(8-14)20-12(3)17-18-19-20/h4-8,16H,9H2,1-3H3. The molecule has 0 aliphatic heterocycles. The molecule has 0 saturated carbocycles. The molecule has 0 aliphatic carbocycles. The Kier molecular flexibility index (Phi) is 3.70. The highest BCUT2D eigenvalue weighted by Crippen LogP contribution is 2.22. The maximum atomic E-state index is 3.99. The SMILES string of the molecule is Cc1cc(CNc2cccc(-n3nnnc3C)c2)c(C)s1. The van der Waals surface area contributed by atoms with Gasteiger partial charge in [0.2, 0.25) is 0 Å². The van der Waals surface area contributed by atoms with E-state index in [9.17, 15) is 0 Å². The van der Waals surface area contributed by atoms with Gasteiger partial charge in [-0.05, 0) is 61.0 Å². The summed E-state index contributed by atoms with van der Waals surface area (Å²) in [5, 5.41) is 15.0. The third-order valence-electron chi connectivity index (χ3n) is 3.34. The molecular formula is C15H17N5S. The molecule has 2 aromatic heterocycles. The van der Waals surface area contributed by atoms with Gasteiger partial charge in [-0.15, -0.1) is 16.4 Å². The lowest BCUT2D eigenvalue weighted by molar-refractivity contribution is 0.779. The number of hydrogen-bond acceptors (Lipinski definition) is 5. The van der Waals surface area contributed by atoms with Crippen molar-refractivity contribution in [1.82, 2.24) is 20.2 Å². The molecule has 0 aliphatic rings. The minimum absolute atomic E-state index is 0.774. The van der Waals surface area contributed by atoms with Crippen molar-refractivity contribution in [2.75, 3.05) is 5.32 Å². The van der Waals surface area contributed by atoms with Gasteiger partial charge in [0.25, 0.3) is 0 Å². The first-order valence-corrected chi connectivity index (χ1v) is 7.60. The van der Waals surface area contributed by atoms with E-state index in [1.165, 1.54) is 15.3 Å². The first-order valence-electron chi connectivity index (χ1n) is 6.78. The first kappa shape index (κ1) is 13.8. The molecule has 0 unspecified atom stereocenters. The molecule has 0 radical (unpaired) electrons. The molecule has 0 atom stereocenters. The molecule has 3 aromatic rings. The Bertz CT molecular complexity index is 759. The van der Waals surface area contributed by atoms with Crippen molar-refractivity contribution in [1.29, 1.82) is 0 Å². The second kappa shape index (κ2) is 5.65.